The number of aliphatic hydroxyl groups is 1. The molecule has 1 fully saturated rings. The second kappa shape index (κ2) is 9.29. The fraction of sp³-hybridized carbons (Fsp3) is 0.684. The summed E-state index contributed by atoms with van der Waals surface area (Å²) in [7, 11) is 0. The molecule has 0 spiro atoms. The van der Waals surface area contributed by atoms with E-state index in [2.05, 4.69) is 24.1 Å². The fourth-order valence-electron chi connectivity index (χ4n) is 3.18. The molecule has 2 atom stereocenters. The van der Waals surface area contributed by atoms with Gasteiger partial charge < -0.3 is 15.3 Å². The lowest BCUT2D eigenvalue weighted by Crippen LogP contribution is -2.40. The Labute approximate surface area is 135 Å². The molecule has 0 bridgehead atoms. The highest BCUT2D eigenvalue weighted by Crippen LogP contribution is 2.21. The standard InChI is InChI=1S/C19H32N2O/c1-16(2)10-11-18(19(22)17-8-4-3-5-9-17)20-12-15-21-13-6-7-14-21/h3-5,8-9,16,18-20,22H,6-7,10-15H2,1-2H3/t18-,19+/m0/s1. The Morgan fingerprint density at radius 1 is 1.09 bits per heavy atom. The van der Waals surface area contributed by atoms with Crippen LogP contribution < -0.4 is 5.32 Å². The molecular formula is C19H32N2O. The number of likely N-dealkylation sites (tertiary alicyclic amines) is 1. The van der Waals surface area contributed by atoms with Gasteiger partial charge in [-0.1, -0.05) is 44.2 Å². The molecule has 2 rings (SSSR count). The van der Waals surface area contributed by atoms with Crippen molar-refractivity contribution in [3.63, 3.8) is 0 Å². The molecule has 2 N–H and O–H groups in total. The lowest BCUT2D eigenvalue weighted by Gasteiger charge is -2.26. The quantitative estimate of drug-likeness (QED) is 0.735. The van der Waals surface area contributed by atoms with E-state index in [1.807, 2.05) is 30.3 Å². The van der Waals surface area contributed by atoms with Crippen molar-refractivity contribution in [2.75, 3.05) is 26.2 Å². The van der Waals surface area contributed by atoms with Gasteiger partial charge in [0.1, 0.15) is 0 Å². The van der Waals surface area contributed by atoms with Crippen LogP contribution in [0.2, 0.25) is 0 Å². The Morgan fingerprint density at radius 3 is 2.41 bits per heavy atom. The maximum Gasteiger partial charge on any atom is 0.0942 e. The number of nitrogens with one attached hydrogen (secondary N) is 1. The van der Waals surface area contributed by atoms with E-state index in [1.54, 1.807) is 0 Å². The zero-order valence-electron chi connectivity index (χ0n) is 14.2. The van der Waals surface area contributed by atoms with Crippen LogP contribution in [0.3, 0.4) is 0 Å². The minimum atomic E-state index is -0.418. The van der Waals surface area contributed by atoms with Crippen molar-refractivity contribution >= 4 is 0 Å². The summed E-state index contributed by atoms with van der Waals surface area (Å²) in [6, 6.07) is 10.2. The normalized spacial score (nSPS) is 18.7. The molecule has 1 heterocycles. The SMILES string of the molecule is CC(C)CC[C@H](NCCN1CCCC1)[C@H](O)c1ccccc1. The van der Waals surface area contributed by atoms with Crippen LogP contribution in [0.1, 0.15) is 51.2 Å². The second-order valence-corrected chi connectivity index (χ2v) is 6.94. The van der Waals surface area contributed by atoms with Gasteiger partial charge in [-0.15, -0.1) is 0 Å². The van der Waals surface area contributed by atoms with Crippen LogP contribution in [0.15, 0.2) is 30.3 Å². The Balaban J connectivity index is 1.86. The van der Waals surface area contributed by atoms with E-state index in [1.165, 1.54) is 25.9 Å². The number of hydrogen-bond donors (Lipinski definition) is 2. The third kappa shape index (κ3) is 5.71. The summed E-state index contributed by atoms with van der Waals surface area (Å²) in [5.41, 5.74) is 1.02. The van der Waals surface area contributed by atoms with Crippen LogP contribution in [0.5, 0.6) is 0 Å². The lowest BCUT2D eigenvalue weighted by atomic mass is 9.95. The van der Waals surface area contributed by atoms with Gasteiger partial charge in [-0.2, -0.15) is 0 Å². The summed E-state index contributed by atoms with van der Waals surface area (Å²) < 4.78 is 0. The van der Waals surface area contributed by atoms with Gasteiger partial charge >= 0.3 is 0 Å². The number of nitrogens with zero attached hydrogens (tertiary/aromatic N) is 1. The first-order valence-electron chi connectivity index (χ1n) is 8.85. The lowest BCUT2D eigenvalue weighted by molar-refractivity contribution is 0.118. The summed E-state index contributed by atoms with van der Waals surface area (Å²) in [5.74, 6) is 0.672. The van der Waals surface area contributed by atoms with Gasteiger partial charge in [0, 0.05) is 19.1 Å². The van der Waals surface area contributed by atoms with Crippen molar-refractivity contribution < 1.29 is 5.11 Å². The van der Waals surface area contributed by atoms with Crippen LogP contribution in [0, 0.1) is 5.92 Å². The van der Waals surface area contributed by atoms with Crippen LogP contribution in [0.4, 0.5) is 0 Å². The van der Waals surface area contributed by atoms with Gasteiger partial charge in [-0.05, 0) is 50.3 Å². The monoisotopic (exact) mass is 304 g/mol. The van der Waals surface area contributed by atoms with Crippen molar-refractivity contribution in [1.29, 1.82) is 0 Å². The number of aliphatic hydroxyl groups excluding tert-OH is 1. The molecule has 1 saturated heterocycles. The Morgan fingerprint density at radius 2 is 1.77 bits per heavy atom. The molecule has 1 aliphatic rings. The van der Waals surface area contributed by atoms with E-state index in [0.717, 1.165) is 31.5 Å². The molecule has 1 aromatic carbocycles. The van der Waals surface area contributed by atoms with E-state index in [-0.39, 0.29) is 6.04 Å². The Hall–Kier alpha value is -0.900. The minimum absolute atomic E-state index is 0.146. The molecule has 0 saturated carbocycles. The molecule has 0 aromatic heterocycles. The molecular weight excluding hydrogens is 272 g/mol. The average Bonchev–Trinajstić information content (AvgIpc) is 3.04. The molecule has 124 valence electrons. The highest BCUT2D eigenvalue weighted by atomic mass is 16.3. The summed E-state index contributed by atoms with van der Waals surface area (Å²) in [6.45, 7) is 9.03. The van der Waals surface area contributed by atoms with Gasteiger partial charge in [0.25, 0.3) is 0 Å². The van der Waals surface area contributed by atoms with Crippen LogP contribution in [0.25, 0.3) is 0 Å². The maximum atomic E-state index is 10.7. The topological polar surface area (TPSA) is 35.5 Å². The van der Waals surface area contributed by atoms with Gasteiger partial charge in [0.05, 0.1) is 6.10 Å². The minimum Gasteiger partial charge on any atom is -0.387 e. The van der Waals surface area contributed by atoms with Crippen molar-refractivity contribution in [2.24, 2.45) is 5.92 Å². The Kier molecular flexibility index (Phi) is 7.37. The van der Waals surface area contributed by atoms with Gasteiger partial charge in [0.15, 0.2) is 0 Å². The highest BCUT2D eigenvalue weighted by Gasteiger charge is 2.21. The smallest absolute Gasteiger partial charge is 0.0942 e. The third-order valence-electron chi connectivity index (χ3n) is 4.61. The Bertz CT molecular complexity index is 401. The molecule has 0 aliphatic carbocycles. The van der Waals surface area contributed by atoms with E-state index < -0.39 is 6.10 Å². The molecule has 0 amide bonds. The van der Waals surface area contributed by atoms with Crippen molar-refractivity contribution in [3.05, 3.63) is 35.9 Å². The van der Waals surface area contributed by atoms with Gasteiger partial charge in [0.2, 0.25) is 0 Å². The fourth-order valence-corrected chi connectivity index (χ4v) is 3.18. The van der Waals surface area contributed by atoms with Gasteiger partial charge in [-0.3, -0.25) is 0 Å². The molecule has 22 heavy (non-hydrogen) atoms. The molecule has 3 heteroatoms. The summed E-state index contributed by atoms with van der Waals surface area (Å²) in [6.07, 6.45) is 4.42. The molecule has 1 aliphatic heterocycles. The molecule has 0 unspecified atom stereocenters. The predicted molar refractivity (Wildman–Crippen MR) is 92.9 cm³/mol. The number of rotatable bonds is 9. The largest absolute Gasteiger partial charge is 0.387 e. The van der Waals surface area contributed by atoms with E-state index in [0.29, 0.717) is 5.92 Å². The second-order valence-electron chi connectivity index (χ2n) is 6.94. The van der Waals surface area contributed by atoms with Crippen molar-refractivity contribution in [1.82, 2.24) is 10.2 Å². The molecule has 0 radical (unpaired) electrons. The van der Waals surface area contributed by atoms with Crippen LogP contribution >= 0.6 is 0 Å². The number of benzene rings is 1. The van der Waals surface area contributed by atoms with Crippen LogP contribution in [-0.2, 0) is 0 Å². The van der Waals surface area contributed by atoms with E-state index >= 15 is 0 Å². The van der Waals surface area contributed by atoms with E-state index in [4.69, 9.17) is 0 Å². The first-order chi connectivity index (χ1) is 10.7. The highest BCUT2D eigenvalue weighted by molar-refractivity contribution is 5.18. The number of hydrogen-bond acceptors (Lipinski definition) is 3. The summed E-state index contributed by atoms with van der Waals surface area (Å²) in [4.78, 5) is 2.52. The summed E-state index contributed by atoms with van der Waals surface area (Å²) in [5, 5.41) is 14.3. The first kappa shape index (κ1) is 17.5. The van der Waals surface area contributed by atoms with Crippen molar-refractivity contribution in [3.8, 4) is 0 Å². The van der Waals surface area contributed by atoms with Crippen molar-refractivity contribution in [2.45, 2.75) is 51.7 Å². The average molecular weight is 304 g/mol. The first-order valence-corrected chi connectivity index (χ1v) is 8.85. The van der Waals surface area contributed by atoms with Crippen LogP contribution in [-0.4, -0.2) is 42.2 Å². The summed E-state index contributed by atoms with van der Waals surface area (Å²) >= 11 is 0. The van der Waals surface area contributed by atoms with E-state index in [9.17, 15) is 5.11 Å². The maximum absolute atomic E-state index is 10.7. The third-order valence-corrected chi connectivity index (χ3v) is 4.61. The molecule has 1 aromatic rings. The zero-order chi connectivity index (χ0) is 15.8. The molecule has 3 nitrogen and oxygen atoms in total. The van der Waals surface area contributed by atoms with Gasteiger partial charge in [-0.25, -0.2) is 0 Å². The zero-order valence-corrected chi connectivity index (χ0v) is 14.2. The predicted octanol–water partition coefficient (Wildman–Crippen LogP) is 3.21.